The lowest BCUT2D eigenvalue weighted by Gasteiger charge is -2.12. The fraction of sp³-hybridized carbons (Fsp3) is 0.0909. The van der Waals surface area contributed by atoms with Crippen molar-refractivity contribution < 1.29 is 13.2 Å². The monoisotopic (exact) mass is 422 g/mol. The van der Waals surface area contributed by atoms with Crippen molar-refractivity contribution in [2.75, 3.05) is 10.6 Å². The molecule has 6 nitrogen and oxygen atoms in total. The molecule has 4 aromatic rings. The van der Waals surface area contributed by atoms with Crippen LogP contribution in [0.4, 0.5) is 36.2 Å². The Bertz CT molecular complexity index is 1200. The van der Waals surface area contributed by atoms with E-state index in [-0.39, 0.29) is 5.95 Å². The van der Waals surface area contributed by atoms with Crippen LogP contribution in [0.2, 0.25) is 0 Å². The topological polar surface area (TPSA) is 75.6 Å². The Morgan fingerprint density at radius 3 is 2.29 bits per heavy atom. The Morgan fingerprint density at radius 2 is 1.52 bits per heavy atom. The summed E-state index contributed by atoms with van der Waals surface area (Å²) >= 11 is 0. The molecule has 0 aliphatic heterocycles. The van der Waals surface area contributed by atoms with Crippen LogP contribution in [0.3, 0.4) is 0 Å². The summed E-state index contributed by atoms with van der Waals surface area (Å²) in [5.74, 6) is -0.127. The zero-order valence-corrected chi connectivity index (χ0v) is 16.4. The largest absolute Gasteiger partial charge is 0.433 e. The first-order valence-corrected chi connectivity index (χ1v) is 9.28. The van der Waals surface area contributed by atoms with Gasteiger partial charge < -0.3 is 10.6 Å². The maximum atomic E-state index is 12.9. The molecule has 9 heteroatoms. The summed E-state index contributed by atoms with van der Waals surface area (Å²) in [6, 6.07) is 12.0. The molecule has 4 rings (SSSR count). The fourth-order valence-electron chi connectivity index (χ4n) is 3.00. The number of hydrogen-bond acceptors (Lipinski definition) is 6. The number of aromatic nitrogens is 4. The minimum atomic E-state index is -4.54. The minimum absolute atomic E-state index is 0.127. The molecular formula is C22H17F3N6. The highest BCUT2D eigenvalue weighted by Gasteiger charge is 2.32. The Morgan fingerprint density at radius 1 is 0.742 bits per heavy atom. The maximum absolute atomic E-state index is 12.9. The summed E-state index contributed by atoms with van der Waals surface area (Å²) in [6.45, 7) is 1.90. The van der Waals surface area contributed by atoms with Crippen molar-refractivity contribution in [1.29, 1.82) is 0 Å². The third-order valence-electron chi connectivity index (χ3n) is 4.32. The summed E-state index contributed by atoms with van der Waals surface area (Å²) in [5, 5.41) is 6.12. The Hall–Kier alpha value is -4.01. The molecule has 156 valence electrons. The van der Waals surface area contributed by atoms with Gasteiger partial charge in [0.05, 0.1) is 11.9 Å². The third-order valence-corrected chi connectivity index (χ3v) is 4.32. The predicted octanol–water partition coefficient (Wildman–Crippen LogP) is 5.75. The predicted molar refractivity (Wildman–Crippen MR) is 112 cm³/mol. The van der Waals surface area contributed by atoms with E-state index in [1.54, 1.807) is 30.9 Å². The van der Waals surface area contributed by atoms with Crippen LogP contribution >= 0.6 is 0 Å². The zero-order chi connectivity index (χ0) is 21.8. The van der Waals surface area contributed by atoms with Gasteiger partial charge in [-0.05, 0) is 54.4 Å². The van der Waals surface area contributed by atoms with Gasteiger partial charge in [0.2, 0.25) is 5.95 Å². The summed E-state index contributed by atoms with van der Waals surface area (Å²) in [4.78, 5) is 15.7. The third kappa shape index (κ3) is 5.13. The van der Waals surface area contributed by atoms with Crippen molar-refractivity contribution in [3.8, 4) is 11.1 Å². The van der Waals surface area contributed by atoms with Crippen LogP contribution in [0.25, 0.3) is 11.1 Å². The molecule has 31 heavy (non-hydrogen) atoms. The number of alkyl halides is 3. The number of halogens is 3. The molecule has 1 aromatic carbocycles. The highest BCUT2D eigenvalue weighted by atomic mass is 19.4. The van der Waals surface area contributed by atoms with Gasteiger partial charge in [-0.3, -0.25) is 9.97 Å². The van der Waals surface area contributed by atoms with Crippen LogP contribution in [0.15, 0.2) is 73.4 Å². The number of anilines is 4. The molecule has 0 unspecified atom stereocenters. The van der Waals surface area contributed by atoms with Gasteiger partial charge >= 0.3 is 6.18 Å². The van der Waals surface area contributed by atoms with Gasteiger partial charge in [0.25, 0.3) is 0 Å². The quantitative estimate of drug-likeness (QED) is 0.427. The van der Waals surface area contributed by atoms with Crippen molar-refractivity contribution in [3.05, 3.63) is 84.7 Å². The number of benzene rings is 1. The molecule has 0 aliphatic rings. The maximum Gasteiger partial charge on any atom is 0.433 e. The van der Waals surface area contributed by atoms with Crippen LogP contribution in [0, 0.1) is 6.92 Å². The number of pyridine rings is 2. The molecule has 0 spiro atoms. The number of aryl methyl sites for hydroxylation is 1. The second-order valence-electron chi connectivity index (χ2n) is 6.80. The van der Waals surface area contributed by atoms with E-state index in [0.29, 0.717) is 5.69 Å². The molecular weight excluding hydrogens is 405 g/mol. The highest BCUT2D eigenvalue weighted by Crippen LogP contribution is 2.30. The molecule has 0 radical (unpaired) electrons. The van der Waals surface area contributed by atoms with Crippen LogP contribution in [0.5, 0.6) is 0 Å². The molecule has 0 aliphatic carbocycles. The second-order valence-corrected chi connectivity index (χ2v) is 6.80. The molecule has 3 heterocycles. The first-order valence-electron chi connectivity index (χ1n) is 9.28. The average Bonchev–Trinajstić information content (AvgIpc) is 2.74. The molecule has 0 atom stereocenters. The van der Waals surface area contributed by atoms with Crippen molar-refractivity contribution >= 4 is 23.0 Å². The molecule has 0 amide bonds. The average molecular weight is 422 g/mol. The smallest absolute Gasteiger partial charge is 0.354 e. The van der Waals surface area contributed by atoms with Crippen LogP contribution in [-0.2, 0) is 6.18 Å². The van der Waals surface area contributed by atoms with Crippen LogP contribution < -0.4 is 10.6 Å². The van der Waals surface area contributed by atoms with Crippen molar-refractivity contribution in [2.24, 2.45) is 0 Å². The van der Waals surface area contributed by atoms with Gasteiger partial charge in [-0.25, -0.2) is 9.97 Å². The Balaban J connectivity index is 1.61. The molecule has 3 aromatic heterocycles. The number of hydrogen-bond donors (Lipinski definition) is 2. The number of rotatable bonds is 5. The summed E-state index contributed by atoms with van der Waals surface area (Å²) in [5.41, 5.74) is 3.84. The molecule has 0 saturated heterocycles. The lowest BCUT2D eigenvalue weighted by atomic mass is 10.0. The SMILES string of the molecule is Cc1cc(Nc2nccc(C(F)(F)F)n2)cc(-c2cncc(Nc3ccncc3)c2)c1. The normalized spacial score (nSPS) is 11.2. The van der Waals surface area contributed by atoms with E-state index in [9.17, 15) is 13.2 Å². The Kier molecular flexibility index (Phi) is 5.48. The fourth-order valence-corrected chi connectivity index (χ4v) is 3.00. The summed E-state index contributed by atoms with van der Waals surface area (Å²) in [6.07, 6.45) is 3.34. The lowest BCUT2D eigenvalue weighted by molar-refractivity contribution is -0.141. The molecule has 0 fully saturated rings. The van der Waals surface area contributed by atoms with E-state index in [0.717, 1.165) is 40.3 Å². The van der Waals surface area contributed by atoms with Crippen molar-refractivity contribution in [1.82, 2.24) is 19.9 Å². The van der Waals surface area contributed by atoms with Gasteiger partial charge in [0, 0.05) is 41.7 Å². The molecule has 0 saturated carbocycles. The standard InChI is InChI=1S/C22H17F3N6/c1-14-8-15(16-11-19(13-27-12-16)29-17-2-5-26-6-3-17)10-18(9-14)30-21-28-7-4-20(31-21)22(23,24)25/h2-13H,1H3,(H,26,29)(H,28,30,31). The number of nitrogens with one attached hydrogen (secondary N) is 2. The van der Waals surface area contributed by atoms with E-state index in [4.69, 9.17) is 0 Å². The summed E-state index contributed by atoms with van der Waals surface area (Å²) < 4.78 is 38.7. The van der Waals surface area contributed by atoms with E-state index in [1.807, 2.05) is 37.3 Å². The minimum Gasteiger partial charge on any atom is -0.354 e. The van der Waals surface area contributed by atoms with Gasteiger partial charge in [0.1, 0.15) is 5.69 Å². The van der Waals surface area contributed by atoms with E-state index < -0.39 is 11.9 Å². The van der Waals surface area contributed by atoms with Crippen molar-refractivity contribution in [2.45, 2.75) is 13.1 Å². The first kappa shape index (κ1) is 20.3. The molecule has 0 bridgehead atoms. The van der Waals surface area contributed by atoms with Gasteiger partial charge in [0.15, 0.2) is 0 Å². The highest BCUT2D eigenvalue weighted by molar-refractivity contribution is 5.73. The molecule has 2 N–H and O–H groups in total. The van der Waals surface area contributed by atoms with Gasteiger partial charge in [-0.1, -0.05) is 6.07 Å². The zero-order valence-electron chi connectivity index (χ0n) is 16.4. The Labute approximate surface area is 176 Å². The van der Waals surface area contributed by atoms with E-state index in [1.165, 1.54) is 0 Å². The van der Waals surface area contributed by atoms with E-state index in [2.05, 4.69) is 30.6 Å². The summed E-state index contributed by atoms with van der Waals surface area (Å²) in [7, 11) is 0. The number of nitrogens with zero attached hydrogens (tertiary/aromatic N) is 4. The lowest BCUT2D eigenvalue weighted by Crippen LogP contribution is -2.10. The first-order chi connectivity index (χ1) is 14.9. The van der Waals surface area contributed by atoms with E-state index >= 15 is 0 Å². The van der Waals surface area contributed by atoms with Crippen LogP contribution in [0.1, 0.15) is 11.3 Å². The van der Waals surface area contributed by atoms with Gasteiger partial charge in [-0.2, -0.15) is 13.2 Å². The van der Waals surface area contributed by atoms with Crippen LogP contribution in [-0.4, -0.2) is 19.9 Å². The second kappa shape index (κ2) is 8.39. The van der Waals surface area contributed by atoms with Gasteiger partial charge in [-0.15, -0.1) is 0 Å². The van der Waals surface area contributed by atoms with Crippen molar-refractivity contribution in [3.63, 3.8) is 0 Å².